The first-order valence-electron chi connectivity index (χ1n) is 21.1. The van der Waals surface area contributed by atoms with Gasteiger partial charge in [-0.3, -0.25) is 9.59 Å². The number of nitrogens with one attached hydrogen (secondary N) is 4. The molecule has 5 unspecified atom stereocenters. The third-order valence-electron chi connectivity index (χ3n) is 12.1. The van der Waals surface area contributed by atoms with Crippen LogP contribution in [0.5, 0.6) is 0 Å². The number of fused-ring (bicyclic) bond motifs is 1. The summed E-state index contributed by atoms with van der Waals surface area (Å²) >= 11 is 0. The van der Waals surface area contributed by atoms with E-state index < -0.39 is 24.3 Å². The SMILES string of the molecule is COC(=O)NC(C)C(=O)N1C(c2ccccc2)CCC1c1ncc(-c2ccc(-c3ccc4cc(-c5cnc(C6CCCN6C(=O)C(NC(=O)OC)C(C)C)[nH]5)ccc4c3)cc2)[nH]1. The molecule has 0 bridgehead atoms. The molecule has 2 saturated heterocycles. The van der Waals surface area contributed by atoms with Crippen LogP contribution in [0.1, 0.15) is 81.8 Å². The number of hydrogen-bond acceptors (Lipinski definition) is 8. The first kappa shape index (κ1) is 41.8. The Morgan fingerprint density at radius 1 is 0.645 bits per heavy atom. The predicted octanol–water partition coefficient (Wildman–Crippen LogP) is 8.48. The van der Waals surface area contributed by atoms with Gasteiger partial charge in [-0.25, -0.2) is 19.6 Å². The van der Waals surface area contributed by atoms with Crippen molar-refractivity contribution in [2.45, 2.75) is 76.7 Å². The molecule has 4 amide bonds. The Bertz CT molecular complexity index is 2570. The molecule has 0 saturated carbocycles. The van der Waals surface area contributed by atoms with Crippen molar-refractivity contribution in [2.75, 3.05) is 20.8 Å². The predicted molar refractivity (Wildman–Crippen MR) is 235 cm³/mol. The van der Waals surface area contributed by atoms with Gasteiger partial charge in [0.15, 0.2) is 0 Å². The highest BCUT2D eigenvalue weighted by Gasteiger charge is 2.42. The highest BCUT2D eigenvalue weighted by molar-refractivity contribution is 5.91. The van der Waals surface area contributed by atoms with E-state index in [0.717, 1.165) is 75.1 Å². The molecule has 14 nitrogen and oxygen atoms in total. The standard InChI is InChI=1S/C48H52N8O6/c1-28(2)42(54-48(60)62-5)46(58)55-23-9-12-40(55)43-49-27-38(53-43)36-20-19-34-24-33(17-18-35(34)25-36)30-13-15-31(16-14-30)37-26-50-44(52-37)41-22-21-39(32-10-7-6-8-11-32)56(41)45(57)29(3)51-47(59)61-4/h6-8,10-11,13-20,24-29,39-42H,9,12,21-23H2,1-5H3,(H,49,53)(H,50,52)(H,51,59)(H,54,60). The van der Waals surface area contributed by atoms with Gasteiger partial charge < -0.3 is 39.9 Å². The van der Waals surface area contributed by atoms with Gasteiger partial charge in [0, 0.05) is 12.1 Å². The number of imidazole rings is 2. The van der Waals surface area contributed by atoms with E-state index >= 15 is 0 Å². The Kier molecular flexibility index (Phi) is 12.1. The number of aromatic amines is 2. The molecule has 2 fully saturated rings. The lowest BCUT2D eigenvalue weighted by molar-refractivity contribution is -0.136. The lowest BCUT2D eigenvalue weighted by Gasteiger charge is -2.32. The van der Waals surface area contributed by atoms with Crippen LogP contribution in [-0.4, -0.2) is 86.6 Å². The average molecular weight is 837 g/mol. The molecule has 6 aromatic rings. The van der Waals surface area contributed by atoms with Crippen molar-refractivity contribution < 1.29 is 28.7 Å². The lowest BCUT2D eigenvalue weighted by Crippen LogP contribution is -2.51. The number of carbonyl (C=O) groups is 4. The van der Waals surface area contributed by atoms with Gasteiger partial charge in [0.05, 0.1) is 56.1 Å². The van der Waals surface area contributed by atoms with Crippen molar-refractivity contribution in [2.24, 2.45) is 5.92 Å². The largest absolute Gasteiger partial charge is 0.453 e. The number of H-pyrrole nitrogens is 2. The number of benzene rings is 4. The molecular formula is C48H52N8O6. The van der Waals surface area contributed by atoms with E-state index in [1.165, 1.54) is 14.2 Å². The first-order chi connectivity index (χ1) is 30.0. The number of alkyl carbamates (subject to hydrolysis) is 2. The van der Waals surface area contributed by atoms with Crippen LogP contribution in [0.2, 0.25) is 0 Å². The van der Waals surface area contributed by atoms with Crippen LogP contribution in [0.15, 0.2) is 103 Å². The topological polar surface area (TPSA) is 175 Å². The second-order valence-corrected chi connectivity index (χ2v) is 16.4. The Morgan fingerprint density at radius 3 is 1.87 bits per heavy atom. The van der Waals surface area contributed by atoms with Gasteiger partial charge in [-0.1, -0.05) is 92.7 Å². The van der Waals surface area contributed by atoms with Gasteiger partial charge in [-0.2, -0.15) is 0 Å². The fourth-order valence-electron chi connectivity index (χ4n) is 8.84. The molecule has 0 aliphatic carbocycles. The molecule has 2 aliphatic heterocycles. The second kappa shape index (κ2) is 17.9. The maximum atomic E-state index is 13.9. The average Bonchev–Trinajstić information content (AvgIpc) is 4.14. The number of aromatic nitrogens is 4. The van der Waals surface area contributed by atoms with E-state index in [1.807, 2.05) is 66.4 Å². The molecule has 5 atom stereocenters. The van der Waals surface area contributed by atoms with Gasteiger partial charge in [0.1, 0.15) is 23.7 Å². The number of nitrogens with zero attached hydrogens (tertiary/aromatic N) is 4. The van der Waals surface area contributed by atoms with Crippen molar-refractivity contribution in [1.29, 1.82) is 0 Å². The van der Waals surface area contributed by atoms with Crippen molar-refractivity contribution in [3.63, 3.8) is 0 Å². The zero-order valence-corrected chi connectivity index (χ0v) is 35.6. The first-order valence-corrected chi connectivity index (χ1v) is 21.1. The minimum atomic E-state index is -0.783. The van der Waals surface area contributed by atoms with Crippen LogP contribution < -0.4 is 10.6 Å². The zero-order valence-electron chi connectivity index (χ0n) is 35.6. The summed E-state index contributed by atoms with van der Waals surface area (Å²) in [6, 6.07) is 28.9. The van der Waals surface area contributed by atoms with Gasteiger partial charge in [0.25, 0.3) is 0 Å². The van der Waals surface area contributed by atoms with Crippen molar-refractivity contribution in [1.82, 2.24) is 40.4 Å². The Labute approximate surface area is 360 Å². The van der Waals surface area contributed by atoms with Crippen LogP contribution in [0, 0.1) is 5.92 Å². The number of methoxy groups -OCH3 is 2. The van der Waals surface area contributed by atoms with Gasteiger partial charge in [-0.05, 0) is 83.7 Å². The maximum Gasteiger partial charge on any atom is 0.407 e. The van der Waals surface area contributed by atoms with Crippen LogP contribution in [0.25, 0.3) is 44.4 Å². The quantitative estimate of drug-likeness (QED) is 0.101. The van der Waals surface area contributed by atoms with Crippen LogP contribution in [0.4, 0.5) is 9.59 Å². The fourth-order valence-corrected chi connectivity index (χ4v) is 8.84. The van der Waals surface area contributed by atoms with Gasteiger partial charge in [0.2, 0.25) is 11.8 Å². The Hall–Kier alpha value is -6.96. The summed E-state index contributed by atoms with van der Waals surface area (Å²) in [6.45, 7) is 6.07. The molecule has 0 radical (unpaired) electrons. The molecule has 14 heteroatoms. The van der Waals surface area contributed by atoms with Crippen LogP contribution in [0.3, 0.4) is 0 Å². The van der Waals surface area contributed by atoms with E-state index in [1.54, 1.807) is 6.92 Å². The molecule has 2 aromatic heterocycles. The smallest absolute Gasteiger partial charge is 0.407 e. The zero-order chi connectivity index (χ0) is 43.5. The van der Waals surface area contributed by atoms with Crippen LogP contribution in [-0.2, 0) is 19.1 Å². The molecule has 0 spiro atoms. The Balaban J connectivity index is 0.961. The van der Waals surface area contributed by atoms with Crippen LogP contribution >= 0.6 is 0 Å². The molecular weight excluding hydrogens is 785 g/mol. The molecule has 4 N–H and O–H groups in total. The molecule has 2 aliphatic rings. The highest BCUT2D eigenvalue weighted by atomic mass is 16.5. The molecule has 4 heterocycles. The monoisotopic (exact) mass is 836 g/mol. The van der Waals surface area contributed by atoms with E-state index in [9.17, 15) is 19.2 Å². The third kappa shape index (κ3) is 8.49. The molecule has 4 aromatic carbocycles. The molecule has 62 heavy (non-hydrogen) atoms. The highest BCUT2D eigenvalue weighted by Crippen LogP contribution is 2.44. The number of hydrogen-bond donors (Lipinski definition) is 4. The minimum absolute atomic E-state index is 0.109. The van der Waals surface area contributed by atoms with Crippen molar-refractivity contribution >= 4 is 34.8 Å². The summed E-state index contributed by atoms with van der Waals surface area (Å²) < 4.78 is 9.54. The number of carbonyl (C=O) groups excluding carboxylic acids is 4. The summed E-state index contributed by atoms with van der Waals surface area (Å²) in [5.41, 5.74) is 6.86. The lowest BCUT2D eigenvalue weighted by atomic mass is 9.98. The Morgan fingerprint density at radius 2 is 1.21 bits per heavy atom. The third-order valence-corrected chi connectivity index (χ3v) is 12.1. The number of likely N-dealkylation sites (tertiary alicyclic amines) is 2. The van der Waals surface area contributed by atoms with Crippen molar-refractivity contribution in [3.8, 4) is 33.6 Å². The van der Waals surface area contributed by atoms with Gasteiger partial charge in [-0.15, -0.1) is 0 Å². The number of rotatable bonds is 11. The number of amides is 4. The van der Waals surface area contributed by atoms with E-state index in [4.69, 9.17) is 19.4 Å². The maximum absolute atomic E-state index is 13.9. The summed E-state index contributed by atoms with van der Waals surface area (Å²) in [5.74, 6) is 0.969. The summed E-state index contributed by atoms with van der Waals surface area (Å²) in [4.78, 5) is 71.6. The van der Waals surface area contributed by atoms with Gasteiger partial charge >= 0.3 is 12.2 Å². The minimum Gasteiger partial charge on any atom is -0.453 e. The summed E-state index contributed by atoms with van der Waals surface area (Å²) in [7, 11) is 2.57. The summed E-state index contributed by atoms with van der Waals surface area (Å²) in [6.07, 6.45) is 5.45. The molecule has 8 rings (SSSR count). The van der Waals surface area contributed by atoms with Crippen molar-refractivity contribution in [3.05, 3.63) is 121 Å². The normalized spacial score (nSPS) is 18.5. The summed E-state index contributed by atoms with van der Waals surface area (Å²) in [5, 5.41) is 7.52. The number of ether oxygens (including phenoxy) is 2. The van der Waals surface area contributed by atoms with E-state index in [-0.39, 0.29) is 35.9 Å². The fraction of sp³-hybridized carbons (Fsp3) is 0.333. The second-order valence-electron chi connectivity index (χ2n) is 16.4. The van der Waals surface area contributed by atoms with E-state index in [2.05, 4.69) is 81.3 Å². The molecule has 320 valence electrons. The van der Waals surface area contributed by atoms with E-state index in [0.29, 0.717) is 18.8 Å².